The summed E-state index contributed by atoms with van der Waals surface area (Å²) in [5, 5.41) is 0. The van der Waals surface area contributed by atoms with E-state index in [2.05, 4.69) is 0 Å². The van der Waals surface area contributed by atoms with Gasteiger partial charge in [0.25, 0.3) is 0 Å². The van der Waals surface area contributed by atoms with Crippen molar-refractivity contribution in [2.45, 2.75) is 6.54 Å². The predicted molar refractivity (Wildman–Crippen MR) is 52.3 cm³/mol. The number of hydrogen-bond donors (Lipinski definition) is 2. The van der Waals surface area contributed by atoms with Gasteiger partial charge in [-0.2, -0.15) is 0 Å². The lowest BCUT2D eigenvalue weighted by Crippen LogP contribution is -2.31. The van der Waals surface area contributed by atoms with Crippen LogP contribution in [0, 0.1) is 0 Å². The third kappa shape index (κ3) is 2.19. The van der Waals surface area contributed by atoms with Crippen LogP contribution in [0.2, 0.25) is 0 Å². The van der Waals surface area contributed by atoms with Crippen LogP contribution in [0.5, 0.6) is 0 Å². The van der Waals surface area contributed by atoms with Gasteiger partial charge in [-0.25, -0.2) is 4.79 Å². The van der Waals surface area contributed by atoms with Crippen LogP contribution in [-0.2, 0) is 6.54 Å². The number of nitrogens with zero attached hydrogens (tertiary/aromatic N) is 1. The first-order valence-corrected chi connectivity index (χ1v) is 3.97. The summed E-state index contributed by atoms with van der Waals surface area (Å²) in [5.74, 6) is 0. The van der Waals surface area contributed by atoms with Crippen LogP contribution in [0.15, 0.2) is 24.3 Å². The molecule has 0 saturated heterocycles. The maximum atomic E-state index is 10.8. The molecule has 0 fully saturated rings. The summed E-state index contributed by atoms with van der Waals surface area (Å²) in [6.45, 7) is 0.459. The minimum absolute atomic E-state index is 0.459. The highest BCUT2D eigenvalue weighted by Gasteiger charge is 2.05. The van der Waals surface area contributed by atoms with E-state index in [0.717, 1.165) is 11.3 Å². The largest absolute Gasteiger partial charge is 0.351 e. The fourth-order valence-corrected chi connectivity index (χ4v) is 1.02. The van der Waals surface area contributed by atoms with Crippen LogP contribution in [0.4, 0.5) is 10.5 Å². The number of benzene rings is 1. The normalized spacial score (nSPS) is 9.69. The number of amides is 2. The monoisotopic (exact) mass is 179 g/mol. The first-order valence-electron chi connectivity index (χ1n) is 3.97. The van der Waals surface area contributed by atoms with Gasteiger partial charge in [0.2, 0.25) is 0 Å². The molecular weight excluding hydrogens is 166 g/mol. The highest BCUT2D eigenvalue weighted by Crippen LogP contribution is 2.13. The summed E-state index contributed by atoms with van der Waals surface area (Å²) in [6, 6.07) is 6.92. The average molecular weight is 179 g/mol. The third-order valence-electron chi connectivity index (χ3n) is 1.86. The van der Waals surface area contributed by atoms with Crippen LogP contribution < -0.4 is 16.4 Å². The average Bonchev–Trinajstić information content (AvgIpc) is 2.16. The molecule has 1 aromatic rings. The Bertz CT molecular complexity index is 311. The van der Waals surface area contributed by atoms with Crippen molar-refractivity contribution in [3.8, 4) is 0 Å². The fourth-order valence-electron chi connectivity index (χ4n) is 1.02. The molecule has 0 bridgehead atoms. The number of urea groups is 1. The standard InChI is InChI=1S/C9H13N3O/c1-12(9(11)13)8-4-2-3-7(5-8)6-10/h2-5H,6,10H2,1H3,(H2,11,13). The molecule has 1 rings (SSSR count). The second-order valence-electron chi connectivity index (χ2n) is 2.77. The molecule has 1 aromatic carbocycles. The van der Waals surface area contributed by atoms with Gasteiger partial charge in [-0.15, -0.1) is 0 Å². The zero-order chi connectivity index (χ0) is 9.84. The van der Waals surface area contributed by atoms with Crippen LogP contribution >= 0.6 is 0 Å². The topological polar surface area (TPSA) is 72.3 Å². The Morgan fingerprint density at radius 2 is 2.23 bits per heavy atom. The summed E-state index contributed by atoms with van der Waals surface area (Å²) < 4.78 is 0. The van der Waals surface area contributed by atoms with Gasteiger partial charge < -0.3 is 11.5 Å². The zero-order valence-electron chi connectivity index (χ0n) is 7.53. The third-order valence-corrected chi connectivity index (χ3v) is 1.86. The van der Waals surface area contributed by atoms with E-state index in [1.54, 1.807) is 7.05 Å². The molecule has 2 amide bonds. The Balaban J connectivity index is 2.94. The van der Waals surface area contributed by atoms with E-state index in [4.69, 9.17) is 11.5 Å². The molecule has 4 nitrogen and oxygen atoms in total. The molecule has 0 heterocycles. The maximum Gasteiger partial charge on any atom is 0.318 e. The first-order chi connectivity index (χ1) is 6.15. The lowest BCUT2D eigenvalue weighted by atomic mass is 10.2. The molecule has 0 aromatic heterocycles. The molecule has 0 atom stereocenters. The molecule has 70 valence electrons. The van der Waals surface area contributed by atoms with Crippen molar-refractivity contribution in [1.29, 1.82) is 0 Å². The smallest absolute Gasteiger partial charge is 0.318 e. The number of primary amides is 1. The number of hydrogen-bond acceptors (Lipinski definition) is 2. The molecule has 4 heteroatoms. The molecule has 0 aliphatic carbocycles. The van der Waals surface area contributed by atoms with Crippen LogP contribution in [0.25, 0.3) is 0 Å². The van der Waals surface area contributed by atoms with Crippen molar-refractivity contribution in [3.05, 3.63) is 29.8 Å². The van der Waals surface area contributed by atoms with Gasteiger partial charge in [0.05, 0.1) is 0 Å². The zero-order valence-corrected chi connectivity index (χ0v) is 7.53. The lowest BCUT2D eigenvalue weighted by Gasteiger charge is -2.14. The second-order valence-corrected chi connectivity index (χ2v) is 2.77. The van der Waals surface area contributed by atoms with Gasteiger partial charge in [0.15, 0.2) is 0 Å². The van der Waals surface area contributed by atoms with Gasteiger partial charge in [-0.1, -0.05) is 12.1 Å². The van der Waals surface area contributed by atoms with Crippen molar-refractivity contribution in [2.75, 3.05) is 11.9 Å². The number of carbonyl (C=O) groups is 1. The quantitative estimate of drug-likeness (QED) is 0.700. The van der Waals surface area contributed by atoms with Crippen LogP contribution in [-0.4, -0.2) is 13.1 Å². The lowest BCUT2D eigenvalue weighted by molar-refractivity contribution is 0.255. The van der Waals surface area contributed by atoms with Crippen molar-refractivity contribution in [3.63, 3.8) is 0 Å². The van der Waals surface area contributed by atoms with Crippen LogP contribution in [0.3, 0.4) is 0 Å². The van der Waals surface area contributed by atoms with E-state index >= 15 is 0 Å². The van der Waals surface area contributed by atoms with Crippen molar-refractivity contribution < 1.29 is 4.79 Å². The minimum atomic E-state index is -0.478. The summed E-state index contributed by atoms with van der Waals surface area (Å²) in [7, 11) is 1.62. The number of carbonyl (C=O) groups excluding carboxylic acids is 1. The highest BCUT2D eigenvalue weighted by molar-refractivity contribution is 5.90. The summed E-state index contributed by atoms with van der Waals surface area (Å²) in [4.78, 5) is 12.2. The molecule has 13 heavy (non-hydrogen) atoms. The first kappa shape index (κ1) is 9.54. The van der Waals surface area contributed by atoms with Crippen molar-refractivity contribution in [1.82, 2.24) is 0 Å². The molecule has 0 spiro atoms. The molecule has 4 N–H and O–H groups in total. The van der Waals surface area contributed by atoms with Gasteiger partial charge in [0.1, 0.15) is 0 Å². The second kappa shape index (κ2) is 3.91. The van der Waals surface area contributed by atoms with Crippen molar-refractivity contribution >= 4 is 11.7 Å². The van der Waals surface area contributed by atoms with Gasteiger partial charge >= 0.3 is 6.03 Å². The van der Waals surface area contributed by atoms with E-state index in [-0.39, 0.29) is 0 Å². The van der Waals surface area contributed by atoms with Crippen LogP contribution in [0.1, 0.15) is 5.56 Å². The van der Waals surface area contributed by atoms with Crippen molar-refractivity contribution in [2.24, 2.45) is 11.5 Å². The van der Waals surface area contributed by atoms with E-state index in [1.165, 1.54) is 4.90 Å². The molecule has 0 aliphatic rings. The van der Waals surface area contributed by atoms with E-state index in [9.17, 15) is 4.79 Å². The Hall–Kier alpha value is -1.55. The summed E-state index contributed by atoms with van der Waals surface area (Å²) in [5.41, 5.74) is 12.3. The number of nitrogens with two attached hydrogens (primary N) is 2. The molecular formula is C9H13N3O. The maximum absolute atomic E-state index is 10.8. The molecule has 0 saturated carbocycles. The Kier molecular flexibility index (Phi) is 2.87. The summed E-state index contributed by atoms with van der Waals surface area (Å²) in [6.07, 6.45) is 0. The number of anilines is 1. The molecule has 0 aliphatic heterocycles. The van der Waals surface area contributed by atoms with Gasteiger partial charge in [0, 0.05) is 19.3 Å². The predicted octanol–water partition coefficient (Wildman–Crippen LogP) is 0.660. The van der Waals surface area contributed by atoms with E-state index in [1.807, 2.05) is 24.3 Å². The SMILES string of the molecule is CN(C(N)=O)c1cccc(CN)c1. The summed E-state index contributed by atoms with van der Waals surface area (Å²) >= 11 is 0. The van der Waals surface area contributed by atoms with E-state index in [0.29, 0.717) is 6.54 Å². The minimum Gasteiger partial charge on any atom is -0.351 e. The molecule has 0 unspecified atom stereocenters. The Labute approximate surface area is 77.1 Å². The van der Waals surface area contributed by atoms with E-state index < -0.39 is 6.03 Å². The Morgan fingerprint density at radius 1 is 1.54 bits per heavy atom. The Morgan fingerprint density at radius 3 is 2.77 bits per heavy atom. The number of rotatable bonds is 2. The highest BCUT2D eigenvalue weighted by atomic mass is 16.2. The van der Waals surface area contributed by atoms with Gasteiger partial charge in [-0.3, -0.25) is 4.90 Å². The molecule has 0 radical (unpaired) electrons. The fraction of sp³-hybridized carbons (Fsp3) is 0.222. The van der Waals surface area contributed by atoms with Gasteiger partial charge in [-0.05, 0) is 17.7 Å².